The molecule has 1 atom stereocenters. The van der Waals surface area contributed by atoms with Gasteiger partial charge in [-0.2, -0.15) is 0 Å². The predicted molar refractivity (Wildman–Crippen MR) is 79.5 cm³/mol. The minimum Gasteiger partial charge on any atom is -0.486 e. The molecule has 0 saturated carbocycles. The Bertz CT molecular complexity index is 674. The van der Waals surface area contributed by atoms with Crippen LogP contribution in [0.15, 0.2) is 48.5 Å². The molecule has 2 aromatic carbocycles. The summed E-state index contributed by atoms with van der Waals surface area (Å²) in [5.74, 6) is 0.759. The average Bonchev–Trinajstić information content (AvgIpc) is 2.55. The van der Waals surface area contributed by atoms with Gasteiger partial charge in [0.1, 0.15) is 18.5 Å². The van der Waals surface area contributed by atoms with Gasteiger partial charge in [-0.15, -0.1) is 0 Å². The average molecular weight is 301 g/mol. The lowest BCUT2D eigenvalue weighted by molar-refractivity contribution is -0.121. The number of fused-ring (bicyclic) bond motifs is 1. The molecule has 1 heterocycles. The Morgan fingerprint density at radius 1 is 1.14 bits per heavy atom. The number of amides is 1. The van der Waals surface area contributed by atoms with Crippen molar-refractivity contribution in [3.63, 3.8) is 0 Å². The highest BCUT2D eigenvalue weighted by molar-refractivity contribution is 5.78. The lowest BCUT2D eigenvalue weighted by Gasteiger charge is -2.26. The van der Waals surface area contributed by atoms with Gasteiger partial charge in [-0.3, -0.25) is 4.79 Å². The maximum atomic E-state index is 13.5. The van der Waals surface area contributed by atoms with E-state index in [-0.39, 0.29) is 24.2 Å². The minimum atomic E-state index is -0.371. The normalized spacial score (nSPS) is 16.1. The van der Waals surface area contributed by atoms with E-state index < -0.39 is 0 Å². The Morgan fingerprint density at radius 3 is 2.68 bits per heavy atom. The number of halogens is 1. The van der Waals surface area contributed by atoms with Crippen molar-refractivity contribution < 1.29 is 18.7 Å². The first-order chi connectivity index (χ1) is 10.7. The van der Waals surface area contributed by atoms with Crippen LogP contribution in [0, 0.1) is 5.82 Å². The summed E-state index contributed by atoms with van der Waals surface area (Å²) in [7, 11) is 0. The van der Waals surface area contributed by atoms with Crippen molar-refractivity contribution >= 4 is 5.91 Å². The van der Waals surface area contributed by atoms with Crippen molar-refractivity contribution in [3.8, 4) is 11.5 Å². The van der Waals surface area contributed by atoms with Gasteiger partial charge < -0.3 is 14.8 Å². The van der Waals surface area contributed by atoms with E-state index in [1.54, 1.807) is 18.2 Å². The Morgan fingerprint density at radius 2 is 1.86 bits per heavy atom. The quantitative estimate of drug-likeness (QED) is 0.943. The summed E-state index contributed by atoms with van der Waals surface area (Å²) in [6.07, 6.45) is -0.240. The van der Waals surface area contributed by atoms with Crippen LogP contribution in [0.1, 0.15) is 5.56 Å². The zero-order valence-corrected chi connectivity index (χ0v) is 11.9. The standard InChI is InChI=1S/C17H16FNO3/c18-14-6-2-1-5-12(14)9-17(20)19-10-13-11-21-15-7-3-4-8-16(15)22-13/h1-8,13H,9-11H2,(H,19,20)/t13-/m0/s1. The van der Waals surface area contributed by atoms with Gasteiger partial charge in [0.2, 0.25) is 5.91 Å². The number of benzene rings is 2. The number of carbonyl (C=O) groups excluding carboxylic acids is 1. The van der Waals surface area contributed by atoms with E-state index in [1.165, 1.54) is 6.07 Å². The Kier molecular flexibility index (Phi) is 4.23. The van der Waals surface area contributed by atoms with Crippen molar-refractivity contribution in [2.75, 3.05) is 13.2 Å². The maximum absolute atomic E-state index is 13.5. The van der Waals surface area contributed by atoms with E-state index in [0.29, 0.717) is 30.2 Å². The molecule has 0 radical (unpaired) electrons. The van der Waals surface area contributed by atoms with Crippen molar-refractivity contribution in [2.24, 2.45) is 0 Å². The number of ether oxygens (including phenoxy) is 2. The van der Waals surface area contributed by atoms with Crippen LogP contribution in [-0.4, -0.2) is 25.2 Å². The number of nitrogens with one attached hydrogen (secondary N) is 1. The van der Waals surface area contributed by atoms with Gasteiger partial charge in [0.05, 0.1) is 13.0 Å². The smallest absolute Gasteiger partial charge is 0.224 e. The van der Waals surface area contributed by atoms with Crippen LogP contribution in [0.3, 0.4) is 0 Å². The van der Waals surface area contributed by atoms with Crippen LogP contribution in [-0.2, 0) is 11.2 Å². The Labute approximate surface area is 127 Å². The van der Waals surface area contributed by atoms with Gasteiger partial charge in [0.25, 0.3) is 0 Å². The monoisotopic (exact) mass is 301 g/mol. The summed E-state index contributed by atoms with van der Waals surface area (Å²) >= 11 is 0. The van der Waals surface area contributed by atoms with Crippen molar-refractivity contribution in [3.05, 3.63) is 59.9 Å². The lowest BCUT2D eigenvalue weighted by Crippen LogP contribution is -2.41. The van der Waals surface area contributed by atoms with E-state index >= 15 is 0 Å². The summed E-state index contributed by atoms with van der Waals surface area (Å²) in [6.45, 7) is 0.693. The third-order valence-electron chi connectivity index (χ3n) is 3.40. The van der Waals surface area contributed by atoms with Crippen LogP contribution in [0.4, 0.5) is 4.39 Å². The van der Waals surface area contributed by atoms with Gasteiger partial charge in [-0.05, 0) is 23.8 Å². The molecular weight excluding hydrogens is 285 g/mol. The highest BCUT2D eigenvalue weighted by atomic mass is 19.1. The largest absolute Gasteiger partial charge is 0.486 e. The molecule has 1 aliphatic heterocycles. The van der Waals surface area contributed by atoms with Gasteiger partial charge in [-0.25, -0.2) is 4.39 Å². The molecule has 1 aliphatic rings. The molecule has 5 heteroatoms. The molecule has 0 aliphatic carbocycles. The summed E-state index contributed by atoms with van der Waals surface area (Å²) < 4.78 is 24.8. The molecule has 3 rings (SSSR count). The molecule has 4 nitrogen and oxygen atoms in total. The second kappa shape index (κ2) is 6.47. The first kappa shape index (κ1) is 14.4. The molecular formula is C17H16FNO3. The van der Waals surface area contributed by atoms with Crippen molar-refractivity contribution in [1.82, 2.24) is 5.32 Å². The fourth-order valence-electron chi connectivity index (χ4n) is 2.27. The van der Waals surface area contributed by atoms with Crippen LogP contribution in [0.25, 0.3) is 0 Å². The molecule has 1 amide bonds. The predicted octanol–water partition coefficient (Wildman–Crippen LogP) is 2.32. The number of hydrogen-bond acceptors (Lipinski definition) is 3. The molecule has 0 unspecified atom stereocenters. The summed E-state index contributed by atoms with van der Waals surface area (Å²) in [6, 6.07) is 13.6. The highest BCUT2D eigenvalue weighted by Gasteiger charge is 2.21. The minimum absolute atomic E-state index is 0.0108. The molecule has 114 valence electrons. The molecule has 0 saturated heterocycles. The van der Waals surface area contributed by atoms with Crippen molar-refractivity contribution in [2.45, 2.75) is 12.5 Å². The van der Waals surface area contributed by atoms with Gasteiger partial charge in [0, 0.05) is 0 Å². The highest BCUT2D eigenvalue weighted by Crippen LogP contribution is 2.30. The van der Waals surface area contributed by atoms with Gasteiger partial charge in [-0.1, -0.05) is 30.3 Å². The molecule has 1 N–H and O–H groups in total. The molecule has 0 bridgehead atoms. The van der Waals surface area contributed by atoms with E-state index in [4.69, 9.17) is 9.47 Å². The summed E-state index contributed by atoms with van der Waals surface area (Å²) in [4.78, 5) is 11.9. The number of hydrogen-bond donors (Lipinski definition) is 1. The maximum Gasteiger partial charge on any atom is 0.224 e. The number of para-hydroxylation sites is 2. The fourth-order valence-corrected chi connectivity index (χ4v) is 2.27. The summed E-state index contributed by atoms with van der Waals surface area (Å²) in [5.41, 5.74) is 0.381. The second-order valence-corrected chi connectivity index (χ2v) is 5.07. The number of rotatable bonds is 4. The Balaban J connectivity index is 1.51. The molecule has 0 fully saturated rings. The zero-order chi connectivity index (χ0) is 15.4. The first-order valence-corrected chi connectivity index (χ1v) is 7.11. The summed E-state index contributed by atoms with van der Waals surface area (Å²) in [5, 5.41) is 2.75. The third kappa shape index (κ3) is 3.36. The topological polar surface area (TPSA) is 47.6 Å². The fraction of sp³-hybridized carbons (Fsp3) is 0.235. The van der Waals surface area contributed by atoms with E-state index in [2.05, 4.69) is 5.32 Å². The molecule has 22 heavy (non-hydrogen) atoms. The molecule has 2 aromatic rings. The van der Waals surface area contributed by atoms with Crippen molar-refractivity contribution in [1.29, 1.82) is 0 Å². The van der Waals surface area contributed by atoms with Crippen LogP contribution in [0.2, 0.25) is 0 Å². The van der Waals surface area contributed by atoms with Gasteiger partial charge >= 0.3 is 0 Å². The second-order valence-electron chi connectivity index (χ2n) is 5.07. The lowest BCUT2D eigenvalue weighted by atomic mass is 10.1. The van der Waals surface area contributed by atoms with Crippen LogP contribution >= 0.6 is 0 Å². The molecule has 0 aromatic heterocycles. The van der Waals surface area contributed by atoms with Crippen LogP contribution in [0.5, 0.6) is 11.5 Å². The Hall–Kier alpha value is -2.56. The third-order valence-corrected chi connectivity index (χ3v) is 3.40. The zero-order valence-electron chi connectivity index (χ0n) is 11.9. The van der Waals surface area contributed by atoms with Gasteiger partial charge in [0.15, 0.2) is 11.5 Å². The van der Waals surface area contributed by atoms with E-state index in [0.717, 1.165) is 0 Å². The number of carbonyl (C=O) groups is 1. The molecule has 0 spiro atoms. The SMILES string of the molecule is O=C(Cc1ccccc1F)NC[C@H]1COc2ccccc2O1. The van der Waals surface area contributed by atoms with E-state index in [1.807, 2.05) is 24.3 Å². The van der Waals surface area contributed by atoms with Crippen LogP contribution < -0.4 is 14.8 Å². The van der Waals surface area contributed by atoms with E-state index in [9.17, 15) is 9.18 Å². The first-order valence-electron chi connectivity index (χ1n) is 7.11.